The first-order valence-electron chi connectivity index (χ1n) is 14.8. The summed E-state index contributed by atoms with van der Waals surface area (Å²) in [6, 6.07) is 0. The van der Waals surface area contributed by atoms with Crippen LogP contribution in [0.15, 0.2) is 11.3 Å². The number of aliphatic hydroxyl groups excluding tert-OH is 6. The molecule has 0 amide bonds. The number of aliphatic hydroxyl groups is 6. The molecule has 2 saturated carbocycles. The minimum Gasteiger partial charge on any atom is -0.467 e. The zero-order valence-corrected chi connectivity index (χ0v) is 25.0. The molecule has 2 bridgehead atoms. The minimum absolute atomic E-state index is 0.0477. The Morgan fingerprint density at radius 1 is 1.02 bits per heavy atom. The zero-order valence-electron chi connectivity index (χ0n) is 25.0. The van der Waals surface area contributed by atoms with Gasteiger partial charge in [-0.3, -0.25) is 9.59 Å². The summed E-state index contributed by atoms with van der Waals surface area (Å²) >= 11 is 0. The Morgan fingerprint density at radius 3 is 2.33 bits per heavy atom. The fourth-order valence-corrected chi connectivity index (χ4v) is 9.46. The molecule has 250 valence electrons. The highest BCUT2D eigenvalue weighted by molar-refractivity contribution is 5.96. The van der Waals surface area contributed by atoms with Crippen molar-refractivity contribution in [2.75, 3.05) is 20.3 Å². The Morgan fingerprint density at radius 2 is 1.71 bits per heavy atom. The minimum atomic E-state index is -2.29. The molecule has 3 heterocycles. The average molecular weight is 643 g/mol. The van der Waals surface area contributed by atoms with Gasteiger partial charge in [-0.05, 0) is 30.3 Å². The van der Waals surface area contributed by atoms with Crippen molar-refractivity contribution in [2.45, 2.75) is 94.3 Å². The fraction of sp³-hybridized carbons (Fsp3) is 0.793. The van der Waals surface area contributed by atoms with Gasteiger partial charge in [0.15, 0.2) is 11.5 Å². The van der Waals surface area contributed by atoms with E-state index in [9.17, 15) is 49.8 Å². The van der Waals surface area contributed by atoms with E-state index in [1.54, 1.807) is 13.8 Å². The van der Waals surface area contributed by atoms with Crippen LogP contribution in [0.5, 0.6) is 0 Å². The monoisotopic (exact) mass is 642 g/mol. The second-order valence-corrected chi connectivity index (χ2v) is 13.3. The fourth-order valence-electron chi connectivity index (χ4n) is 9.46. The van der Waals surface area contributed by atoms with Gasteiger partial charge in [0.05, 0.1) is 32.3 Å². The maximum atomic E-state index is 13.8. The van der Waals surface area contributed by atoms with Crippen LogP contribution in [-0.4, -0.2) is 135 Å². The van der Waals surface area contributed by atoms with Crippen molar-refractivity contribution in [3.8, 4) is 0 Å². The summed E-state index contributed by atoms with van der Waals surface area (Å²) in [5.41, 5.74) is -4.52. The van der Waals surface area contributed by atoms with Crippen LogP contribution in [0.2, 0.25) is 0 Å². The molecule has 15 atom stereocenters. The van der Waals surface area contributed by atoms with E-state index in [0.29, 0.717) is 5.57 Å². The van der Waals surface area contributed by atoms with Crippen LogP contribution in [-0.2, 0) is 47.6 Å². The first-order chi connectivity index (χ1) is 21.1. The summed E-state index contributed by atoms with van der Waals surface area (Å²) in [6.45, 7) is 3.37. The summed E-state index contributed by atoms with van der Waals surface area (Å²) in [7, 11) is 1.05. The van der Waals surface area contributed by atoms with E-state index in [1.165, 1.54) is 0 Å². The summed E-state index contributed by atoms with van der Waals surface area (Å²) in [5.74, 6) is -6.73. The Kier molecular flexibility index (Phi) is 7.64. The van der Waals surface area contributed by atoms with E-state index < -0.39 is 120 Å². The normalized spacial score (nSPS) is 50.3. The predicted octanol–water partition coefficient (Wildman–Crippen LogP) is -3.17. The smallest absolute Gasteiger partial charge is 0.348 e. The molecule has 45 heavy (non-hydrogen) atoms. The van der Waals surface area contributed by atoms with Crippen LogP contribution in [0.1, 0.15) is 33.6 Å². The van der Waals surface area contributed by atoms with E-state index in [2.05, 4.69) is 0 Å². The molecule has 0 radical (unpaired) electrons. The number of carbonyl (C=O) groups excluding carboxylic acids is 4. The van der Waals surface area contributed by atoms with Gasteiger partial charge < -0.3 is 59.1 Å². The number of hydrogen-bond donors (Lipinski definition) is 6. The lowest BCUT2D eigenvalue weighted by atomic mass is 9.38. The van der Waals surface area contributed by atoms with Gasteiger partial charge in [0, 0.05) is 24.7 Å². The molecule has 6 aliphatic rings. The molecule has 1 spiro atoms. The lowest BCUT2D eigenvalue weighted by Gasteiger charge is -2.67. The van der Waals surface area contributed by atoms with Gasteiger partial charge in [-0.1, -0.05) is 6.92 Å². The molecule has 6 rings (SSSR count). The molecule has 5 fully saturated rings. The maximum absolute atomic E-state index is 13.8. The van der Waals surface area contributed by atoms with Crippen LogP contribution in [0.3, 0.4) is 0 Å². The average Bonchev–Trinajstić information content (AvgIpc) is 3.29. The Hall–Kier alpha value is -2.70. The molecule has 0 aromatic carbocycles. The second kappa shape index (κ2) is 10.7. The van der Waals surface area contributed by atoms with Crippen LogP contribution in [0.25, 0.3) is 0 Å². The van der Waals surface area contributed by atoms with Crippen molar-refractivity contribution < 1.29 is 78.2 Å². The van der Waals surface area contributed by atoms with Crippen LogP contribution in [0, 0.1) is 28.6 Å². The third-order valence-electron chi connectivity index (χ3n) is 11.2. The molecule has 3 aliphatic heterocycles. The SMILES string of the molecule is COC(=O)[C@@]12OC[C@]34C(C(O)C1O)[C@@]1(C)CC(=O)C(O[C@@H]5O[C@H](CO)[C@@H](O)[C@H](O)[C@H]5O)=C(C)C1C[C@H]3OC(=O)[C@H](OC(C)=O)[C@H]42. The molecule has 16 nitrogen and oxygen atoms in total. The third kappa shape index (κ3) is 4.06. The Balaban J connectivity index is 1.45. The van der Waals surface area contributed by atoms with Gasteiger partial charge in [-0.25, -0.2) is 9.59 Å². The number of methoxy groups -OCH3 is 1. The number of rotatable bonds is 5. The first kappa shape index (κ1) is 32.2. The summed E-state index contributed by atoms with van der Waals surface area (Å²) < 4.78 is 33.6. The van der Waals surface area contributed by atoms with E-state index >= 15 is 0 Å². The lowest BCUT2D eigenvalue weighted by molar-refractivity contribution is -0.296. The number of allylic oxidation sites excluding steroid dienone is 2. The molecule has 0 aromatic heterocycles. The molecule has 16 heteroatoms. The van der Waals surface area contributed by atoms with Gasteiger partial charge >= 0.3 is 17.9 Å². The number of carbonyl (C=O) groups is 4. The maximum Gasteiger partial charge on any atom is 0.348 e. The van der Waals surface area contributed by atoms with Crippen molar-refractivity contribution in [2.24, 2.45) is 28.6 Å². The highest BCUT2D eigenvalue weighted by Crippen LogP contribution is 2.73. The number of ketones is 1. The molecular formula is C29H38O16. The lowest BCUT2D eigenvalue weighted by Crippen LogP contribution is -2.79. The summed E-state index contributed by atoms with van der Waals surface area (Å²) in [6.07, 6.45) is -14.7. The van der Waals surface area contributed by atoms with Crippen LogP contribution >= 0.6 is 0 Å². The quantitative estimate of drug-likeness (QED) is 0.128. The Labute approximate surface area is 256 Å². The molecular weight excluding hydrogens is 604 g/mol. The van der Waals surface area contributed by atoms with Crippen LogP contribution < -0.4 is 0 Å². The van der Waals surface area contributed by atoms with Gasteiger partial charge in [0.2, 0.25) is 18.0 Å². The van der Waals surface area contributed by atoms with E-state index in [-0.39, 0.29) is 25.2 Å². The second-order valence-electron chi connectivity index (χ2n) is 13.3. The number of hydrogen-bond acceptors (Lipinski definition) is 16. The van der Waals surface area contributed by atoms with E-state index in [0.717, 1.165) is 14.0 Å². The van der Waals surface area contributed by atoms with Crippen molar-refractivity contribution in [1.82, 2.24) is 0 Å². The van der Waals surface area contributed by atoms with Gasteiger partial charge in [-0.15, -0.1) is 0 Å². The zero-order chi connectivity index (χ0) is 33.0. The van der Waals surface area contributed by atoms with Crippen molar-refractivity contribution in [1.29, 1.82) is 0 Å². The standard InChI is InChI=1S/C29H38O16/c1-9-11-5-14-28-8-41-29(26(39)40-4,22(28)20(24(38)44-14)42-10(2)31)23(37)18(36)21(28)27(11,3)6-12(32)19(9)45-25-17(35)16(34)15(33)13(7-30)43-25/h11,13-18,20-23,25,30,33-37H,5-8H2,1-4H3/t11?,13-,14-,15-,16+,17-,18?,20-,21?,22-,23?,25+,27+,28-,29+/m1/s1. The molecule has 3 saturated heterocycles. The number of Topliss-reactive ketones (excluding diaryl/α,β-unsaturated/α-hetero) is 1. The largest absolute Gasteiger partial charge is 0.467 e. The summed E-state index contributed by atoms with van der Waals surface area (Å²) in [5, 5.41) is 63.9. The van der Waals surface area contributed by atoms with Crippen molar-refractivity contribution >= 4 is 23.7 Å². The number of fused-ring (bicyclic) bond motifs is 2. The molecule has 0 aromatic rings. The highest BCUT2D eigenvalue weighted by atomic mass is 16.7. The van der Waals surface area contributed by atoms with Crippen molar-refractivity contribution in [3.05, 3.63) is 11.3 Å². The number of esters is 3. The molecule has 6 N–H and O–H groups in total. The van der Waals surface area contributed by atoms with Gasteiger partial charge in [0.1, 0.15) is 36.6 Å². The van der Waals surface area contributed by atoms with Crippen LogP contribution in [0.4, 0.5) is 0 Å². The molecule has 3 aliphatic carbocycles. The highest BCUT2D eigenvalue weighted by Gasteiger charge is 2.85. The van der Waals surface area contributed by atoms with E-state index in [1.807, 2.05) is 0 Å². The van der Waals surface area contributed by atoms with Crippen molar-refractivity contribution in [3.63, 3.8) is 0 Å². The first-order valence-corrected chi connectivity index (χ1v) is 14.8. The summed E-state index contributed by atoms with van der Waals surface area (Å²) in [4.78, 5) is 52.8. The number of ether oxygens (including phenoxy) is 6. The van der Waals surface area contributed by atoms with E-state index in [4.69, 9.17) is 28.4 Å². The topological polar surface area (TPSA) is 245 Å². The van der Waals surface area contributed by atoms with Gasteiger partial charge in [0.25, 0.3) is 0 Å². The Bertz CT molecular complexity index is 1330. The van der Waals surface area contributed by atoms with Gasteiger partial charge in [-0.2, -0.15) is 0 Å². The third-order valence-corrected chi connectivity index (χ3v) is 11.2. The predicted molar refractivity (Wildman–Crippen MR) is 141 cm³/mol. The molecule has 4 unspecified atom stereocenters.